The maximum Gasteiger partial charge on any atom is 0.303 e. The molecule has 3 aromatic carbocycles. The number of carbonyl (C=O) groups excluding carboxylic acids is 1. The van der Waals surface area contributed by atoms with Gasteiger partial charge in [0.05, 0.1) is 35.3 Å². The highest BCUT2D eigenvalue weighted by molar-refractivity contribution is 6.31. The molecule has 228 valence electrons. The van der Waals surface area contributed by atoms with E-state index in [0.29, 0.717) is 33.4 Å². The number of hydrogen-bond acceptors (Lipinski definition) is 5. The Balaban J connectivity index is 1.33. The number of aromatic nitrogens is 3. The number of carboxylic acids is 1. The van der Waals surface area contributed by atoms with Gasteiger partial charge in [-0.25, -0.2) is 5.01 Å². The van der Waals surface area contributed by atoms with Crippen LogP contribution in [-0.2, 0) is 9.59 Å². The zero-order chi connectivity index (χ0) is 31.1. The number of rotatable bonds is 7. The maximum absolute atomic E-state index is 13.8. The van der Waals surface area contributed by atoms with Crippen molar-refractivity contribution in [3.63, 3.8) is 0 Å². The molecule has 1 aliphatic carbocycles. The molecule has 3 heterocycles. The minimum atomic E-state index is -1.06. The van der Waals surface area contributed by atoms with Gasteiger partial charge in [0.2, 0.25) is 5.91 Å². The van der Waals surface area contributed by atoms with Gasteiger partial charge in [-0.2, -0.15) is 10.2 Å². The average molecular weight is 622 g/mol. The molecule has 1 aliphatic heterocycles. The third-order valence-electron chi connectivity index (χ3n) is 8.93. The highest BCUT2D eigenvalue weighted by Crippen LogP contribution is 2.39. The molecule has 0 saturated heterocycles. The van der Waals surface area contributed by atoms with E-state index >= 15 is 0 Å². The Morgan fingerprint density at radius 2 is 1.76 bits per heavy atom. The number of hydrazone groups is 1. The van der Waals surface area contributed by atoms with E-state index in [1.165, 1.54) is 24.3 Å². The summed E-state index contributed by atoms with van der Waals surface area (Å²) in [5.41, 5.74) is 4.33. The fraction of sp³-hybridized carbons (Fsp3) is 0.286. The van der Waals surface area contributed by atoms with Crippen LogP contribution in [0.1, 0.15) is 74.6 Å². The van der Waals surface area contributed by atoms with E-state index < -0.39 is 17.9 Å². The molecule has 1 saturated carbocycles. The van der Waals surface area contributed by atoms with Crippen LogP contribution in [-0.4, -0.2) is 42.5 Å². The molecule has 9 nitrogen and oxygen atoms in total. The summed E-state index contributed by atoms with van der Waals surface area (Å²) in [5.74, 6) is -1.48. The Hall–Kier alpha value is -4.76. The predicted molar refractivity (Wildman–Crippen MR) is 174 cm³/mol. The predicted octanol–water partition coefficient (Wildman–Crippen LogP) is 7.25. The number of carbonyl (C=O) groups is 2. The third-order valence-corrected chi connectivity index (χ3v) is 9.16. The first-order chi connectivity index (χ1) is 21.9. The van der Waals surface area contributed by atoms with Crippen molar-refractivity contribution in [3.05, 3.63) is 99.4 Å². The summed E-state index contributed by atoms with van der Waals surface area (Å²) in [7, 11) is 0. The second kappa shape index (κ2) is 12.0. The molecule has 1 amide bonds. The van der Waals surface area contributed by atoms with Gasteiger partial charge in [0.15, 0.2) is 0 Å². The van der Waals surface area contributed by atoms with Crippen molar-refractivity contribution in [2.75, 3.05) is 0 Å². The number of H-pyrrole nitrogens is 1. The maximum atomic E-state index is 13.8. The molecule has 2 N–H and O–H groups in total. The van der Waals surface area contributed by atoms with Gasteiger partial charge in [0.25, 0.3) is 5.56 Å². The number of aromatic amines is 1. The lowest BCUT2D eigenvalue weighted by Crippen LogP contribution is -2.27. The second-order valence-electron chi connectivity index (χ2n) is 11.9. The zero-order valence-electron chi connectivity index (χ0n) is 24.6. The standard InChI is InChI=1S/C35H32ClN5O4/c36-24-12-14-28-26(18-24)33(21-7-3-1-4-8-21)34(35(45)37-28)29-19-30(41(39-29)31(42)15-16-32(43)44)22-11-13-27-23(17-22)20-40(38-27)25-9-5-2-6-10-25/h1,3-4,7-8,11-14,17-18,20,25,30H,2,5-6,9-10,15-16,19H2,(H,37,45)(H,43,44). The fourth-order valence-corrected chi connectivity index (χ4v) is 6.90. The number of fused-ring (bicyclic) bond motifs is 2. The van der Waals surface area contributed by atoms with Gasteiger partial charge in [-0.15, -0.1) is 0 Å². The van der Waals surface area contributed by atoms with E-state index in [2.05, 4.69) is 15.9 Å². The van der Waals surface area contributed by atoms with Gasteiger partial charge in [0.1, 0.15) is 0 Å². The molecule has 7 rings (SSSR count). The van der Waals surface area contributed by atoms with Crippen LogP contribution in [0.4, 0.5) is 0 Å². The topological polar surface area (TPSA) is 121 Å². The van der Waals surface area contributed by atoms with Crippen LogP contribution in [0.5, 0.6) is 0 Å². The Morgan fingerprint density at radius 1 is 0.956 bits per heavy atom. The van der Waals surface area contributed by atoms with Crippen LogP contribution in [0.25, 0.3) is 32.9 Å². The quantitative estimate of drug-likeness (QED) is 0.198. The smallest absolute Gasteiger partial charge is 0.303 e. The Bertz CT molecular complexity index is 2030. The summed E-state index contributed by atoms with van der Waals surface area (Å²) >= 11 is 6.43. The number of carboxylic acid groups (broad SMARTS) is 1. The lowest BCUT2D eigenvalue weighted by atomic mass is 9.91. The summed E-state index contributed by atoms with van der Waals surface area (Å²) in [6.07, 6.45) is 7.72. The summed E-state index contributed by atoms with van der Waals surface area (Å²) in [6.45, 7) is 0. The SMILES string of the molecule is O=C(O)CCC(=O)N1N=C(c2c(-c3ccccc3)c3cc(Cl)ccc3[nH]c2=O)CC1c1ccc2nn(C3CCCCC3)cc2c1. The van der Waals surface area contributed by atoms with Crippen LogP contribution in [0, 0.1) is 0 Å². The summed E-state index contributed by atoms with van der Waals surface area (Å²) in [5, 5.41) is 22.5. The molecule has 0 radical (unpaired) electrons. The largest absolute Gasteiger partial charge is 0.481 e. The molecule has 10 heteroatoms. The van der Waals surface area contributed by atoms with E-state index in [9.17, 15) is 19.5 Å². The van der Waals surface area contributed by atoms with Crippen LogP contribution < -0.4 is 5.56 Å². The van der Waals surface area contributed by atoms with E-state index in [-0.39, 0.29) is 24.8 Å². The van der Waals surface area contributed by atoms with E-state index in [4.69, 9.17) is 21.8 Å². The number of halogens is 1. The van der Waals surface area contributed by atoms with Gasteiger partial charge >= 0.3 is 5.97 Å². The summed E-state index contributed by atoms with van der Waals surface area (Å²) in [6, 6.07) is 20.7. The molecule has 1 unspecified atom stereocenters. The molecule has 5 aromatic rings. The van der Waals surface area contributed by atoms with Crippen molar-refractivity contribution in [3.8, 4) is 11.1 Å². The van der Waals surface area contributed by atoms with Gasteiger partial charge in [-0.1, -0.05) is 67.3 Å². The Kier molecular flexibility index (Phi) is 7.71. The van der Waals surface area contributed by atoms with Crippen molar-refractivity contribution in [1.29, 1.82) is 0 Å². The van der Waals surface area contributed by atoms with E-state index in [1.54, 1.807) is 12.1 Å². The molecular weight excluding hydrogens is 590 g/mol. The van der Waals surface area contributed by atoms with Crippen molar-refractivity contribution < 1.29 is 14.7 Å². The van der Waals surface area contributed by atoms with Crippen LogP contribution in [0.15, 0.2) is 82.8 Å². The number of nitrogens with one attached hydrogen (secondary N) is 1. The van der Waals surface area contributed by atoms with E-state index in [1.807, 2.05) is 54.6 Å². The normalized spacial score (nSPS) is 17.2. The number of pyridine rings is 1. The fourth-order valence-electron chi connectivity index (χ4n) is 6.73. The van der Waals surface area contributed by atoms with Gasteiger partial charge in [-0.05, 0) is 54.3 Å². The van der Waals surface area contributed by atoms with Crippen LogP contribution >= 0.6 is 11.6 Å². The first kappa shape index (κ1) is 29.0. The number of aliphatic carboxylic acids is 1. The number of amides is 1. The monoisotopic (exact) mass is 621 g/mol. The summed E-state index contributed by atoms with van der Waals surface area (Å²) < 4.78 is 2.08. The van der Waals surface area contributed by atoms with Crippen molar-refractivity contribution in [2.45, 2.75) is 63.5 Å². The first-order valence-electron chi connectivity index (χ1n) is 15.4. The molecule has 1 fully saturated rings. The first-order valence-corrected chi connectivity index (χ1v) is 15.7. The van der Waals surface area contributed by atoms with Crippen molar-refractivity contribution >= 4 is 51.0 Å². The highest BCUT2D eigenvalue weighted by atomic mass is 35.5. The third kappa shape index (κ3) is 5.64. The lowest BCUT2D eigenvalue weighted by Gasteiger charge is -2.22. The van der Waals surface area contributed by atoms with Gasteiger partial charge in [0, 0.05) is 45.9 Å². The van der Waals surface area contributed by atoms with Crippen molar-refractivity contribution in [1.82, 2.24) is 19.8 Å². The Morgan fingerprint density at radius 3 is 2.53 bits per heavy atom. The van der Waals surface area contributed by atoms with Crippen molar-refractivity contribution in [2.24, 2.45) is 5.10 Å². The minimum absolute atomic E-state index is 0.209. The molecule has 1 atom stereocenters. The van der Waals surface area contributed by atoms with Crippen LogP contribution in [0.3, 0.4) is 0 Å². The molecule has 2 aliphatic rings. The molecule has 0 bridgehead atoms. The molecule has 45 heavy (non-hydrogen) atoms. The number of nitrogens with zero attached hydrogens (tertiary/aromatic N) is 4. The zero-order valence-corrected chi connectivity index (χ0v) is 25.3. The summed E-state index contributed by atoms with van der Waals surface area (Å²) in [4.78, 5) is 41.7. The number of hydrogen-bond donors (Lipinski definition) is 2. The Labute approximate surface area is 264 Å². The molecule has 2 aromatic heterocycles. The van der Waals surface area contributed by atoms with Gasteiger partial charge < -0.3 is 10.1 Å². The van der Waals surface area contributed by atoms with Gasteiger partial charge in [-0.3, -0.25) is 19.1 Å². The minimum Gasteiger partial charge on any atom is -0.481 e. The average Bonchev–Trinajstić information content (AvgIpc) is 3.69. The van der Waals surface area contributed by atoms with Crippen LogP contribution in [0.2, 0.25) is 5.02 Å². The molecule has 0 spiro atoms. The second-order valence-corrected chi connectivity index (χ2v) is 12.3. The number of benzene rings is 3. The molecular formula is C35H32ClN5O4. The van der Waals surface area contributed by atoms with E-state index in [0.717, 1.165) is 40.3 Å². The lowest BCUT2D eigenvalue weighted by molar-refractivity contribution is -0.141. The highest BCUT2D eigenvalue weighted by Gasteiger charge is 2.36.